The van der Waals surface area contributed by atoms with E-state index in [4.69, 9.17) is 5.73 Å². The molecule has 1 aromatic carbocycles. The Labute approximate surface area is 107 Å². The van der Waals surface area contributed by atoms with Crippen molar-refractivity contribution in [2.24, 2.45) is 12.8 Å². The lowest BCUT2D eigenvalue weighted by Gasteiger charge is -2.00. The average molecular weight is 260 g/mol. The first-order valence-electron chi connectivity index (χ1n) is 4.57. The highest BCUT2D eigenvalue weighted by molar-refractivity contribution is 5.85. The second-order valence-electron chi connectivity index (χ2n) is 3.31. The highest BCUT2D eigenvalue weighted by atomic mass is 35.5. The SMILES string of the molecule is Cl.Cl.Cn1cc(-c2cccc(CN)c2)cn1. The maximum atomic E-state index is 5.58. The van der Waals surface area contributed by atoms with E-state index in [9.17, 15) is 0 Å². The van der Waals surface area contributed by atoms with Crippen LogP contribution in [0.2, 0.25) is 0 Å². The van der Waals surface area contributed by atoms with Gasteiger partial charge in [0.05, 0.1) is 6.20 Å². The van der Waals surface area contributed by atoms with E-state index in [1.165, 1.54) is 5.56 Å². The van der Waals surface area contributed by atoms with Gasteiger partial charge in [0.1, 0.15) is 0 Å². The molecule has 0 fully saturated rings. The molecule has 0 amide bonds. The first-order chi connectivity index (χ1) is 6.79. The van der Waals surface area contributed by atoms with Gasteiger partial charge in [-0.25, -0.2) is 0 Å². The van der Waals surface area contributed by atoms with E-state index in [0.717, 1.165) is 11.1 Å². The Bertz CT molecular complexity index is 440. The van der Waals surface area contributed by atoms with Crippen LogP contribution in [0.5, 0.6) is 0 Å². The molecular weight excluding hydrogens is 245 g/mol. The molecule has 0 atom stereocenters. The zero-order chi connectivity index (χ0) is 9.97. The quantitative estimate of drug-likeness (QED) is 0.901. The largest absolute Gasteiger partial charge is 0.326 e. The summed E-state index contributed by atoms with van der Waals surface area (Å²) in [7, 11) is 1.91. The molecule has 0 aliphatic rings. The third kappa shape index (κ3) is 3.23. The van der Waals surface area contributed by atoms with E-state index in [2.05, 4.69) is 17.2 Å². The lowest BCUT2D eigenvalue weighted by Crippen LogP contribution is -1.95. The van der Waals surface area contributed by atoms with E-state index in [1.54, 1.807) is 4.68 Å². The van der Waals surface area contributed by atoms with Crippen molar-refractivity contribution in [2.75, 3.05) is 0 Å². The summed E-state index contributed by atoms with van der Waals surface area (Å²) in [5, 5.41) is 4.13. The molecule has 1 heterocycles. The smallest absolute Gasteiger partial charge is 0.0568 e. The molecule has 0 unspecified atom stereocenters. The van der Waals surface area contributed by atoms with Gasteiger partial charge in [0.15, 0.2) is 0 Å². The summed E-state index contributed by atoms with van der Waals surface area (Å²) in [6, 6.07) is 8.21. The van der Waals surface area contributed by atoms with Crippen molar-refractivity contribution in [3.05, 3.63) is 42.2 Å². The predicted molar refractivity (Wildman–Crippen MR) is 71.0 cm³/mol. The first kappa shape index (κ1) is 15.0. The van der Waals surface area contributed by atoms with Gasteiger partial charge in [-0.2, -0.15) is 5.10 Å². The molecule has 0 aliphatic heterocycles. The van der Waals surface area contributed by atoms with Crippen LogP contribution in [0, 0.1) is 0 Å². The number of nitrogens with two attached hydrogens (primary N) is 1. The Hall–Kier alpha value is -1.03. The molecule has 2 rings (SSSR count). The summed E-state index contributed by atoms with van der Waals surface area (Å²) in [5.74, 6) is 0. The summed E-state index contributed by atoms with van der Waals surface area (Å²) in [4.78, 5) is 0. The van der Waals surface area contributed by atoms with E-state index in [1.807, 2.05) is 31.6 Å². The zero-order valence-electron chi connectivity index (χ0n) is 8.96. The highest BCUT2D eigenvalue weighted by Gasteiger charge is 2.00. The van der Waals surface area contributed by atoms with Crippen LogP contribution in [0.4, 0.5) is 0 Å². The van der Waals surface area contributed by atoms with Crippen molar-refractivity contribution < 1.29 is 0 Å². The molecule has 0 bridgehead atoms. The van der Waals surface area contributed by atoms with Crippen molar-refractivity contribution in [1.82, 2.24) is 9.78 Å². The Morgan fingerprint density at radius 1 is 1.25 bits per heavy atom. The van der Waals surface area contributed by atoms with Crippen molar-refractivity contribution in [3.63, 3.8) is 0 Å². The van der Waals surface area contributed by atoms with Gasteiger partial charge < -0.3 is 5.73 Å². The summed E-state index contributed by atoms with van der Waals surface area (Å²) in [6.07, 6.45) is 3.85. The standard InChI is InChI=1S/C11H13N3.2ClH/c1-14-8-11(7-13-14)10-4-2-3-9(5-10)6-12;;/h2-5,7-8H,6,12H2,1H3;2*1H. The minimum absolute atomic E-state index is 0. The fraction of sp³-hybridized carbons (Fsp3) is 0.182. The molecule has 0 spiro atoms. The Morgan fingerprint density at radius 2 is 2.00 bits per heavy atom. The van der Waals surface area contributed by atoms with Crippen LogP contribution in [-0.2, 0) is 13.6 Å². The maximum absolute atomic E-state index is 5.58. The monoisotopic (exact) mass is 259 g/mol. The van der Waals surface area contributed by atoms with E-state index in [-0.39, 0.29) is 24.8 Å². The normalized spacial score (nSPS) is 9.12. The number of hydrogen-bond acceptors (Lipinski definition) is 2. The molecule has 5 heteroatoms. The number of halogens is 2. The van der Waals surface area contributed by atoms with Gasteiger partial charge >= 0.3 is 0 Å². The summed E-state index contributed by atoms with van der Waals surface area (Å²) >= 11 is 0. The van der Waals surface area contributed by atoms with Crippen LogP contribution in [-0.4, -0.2) is 9.78 Å². The van der Waals surface area contributed by atoms with E-state index in [0.29, 0.717) is 6.54 Å². The first-order valence-corrected chi connectivity index (χ1v) is 4.57. The summed E-state index contributed by atoms with van der Waals surface area (Å²) < 4.78 is 1.80. The van der Waals surface area contributed by atoms with Gasteiger partial charge in [0, 0.05) is 25.4 Å². The third-order valence-electron chi connectivity index (χ3n) is 2.20. The Morgan fingerprint density at radius 3 is 2.56 bits per heavy atom. The number of rotatable bonds is 2. The Kier molecular flexibility index (Phi) is 6.11. The van der Waals surface area contributed by atoms with Crippen LogP contribution in [0.15, 0.2) is 36.7 Å². The lowest BCUT2D eigenvalue weighted by molar-refractivity contribution is 0.768. The molecule has 0 saturated carbocycles. The number of aryl methyl sites for hydroxylation is 1. The van der Waals surface area contributed by atoms with Gasteiger partial charge in [0.25, 0.3) is 0 Å². The second kappa shape index (κ2) is 6.53. The summed E-state index contributed by atoms with van der Waals surface area (Å²) in [6.45, 7) is 0.577. The van der Waals surface area contributed by atoms with Crippen LogP contribution in [0.3, 0.4) is 0 Å². The second-order valence-corrected chi connectivity index (χ2v) is 3.31. The van der Waals surface area contributed by atoms with Crippen LogP contribution < -0.4 is 5.73 Å². The Balaban J connectivity index is 0.00000112. The minimum atomic E-state index is 0. The van der Waals surface area contributed by atoms with Crippen LogP contribution in [0.1, 0.15) is 5.56 Å². The molecule has 2 N–H and O–H groups in total. The molecular formula is C11H15Cl2N3. The summed E-state index contributed by atoms with van der Waals surface area (Å²) in [5.41, 5.74) is 9.02. The van der Waals surface area contributed by atoms with Gasteiger partial charge in [-0.1, -0.05) is 18.2 Å². The molecule has 16 heavy (non-hydrogen) atoms. The third-order valence-corrected chi connectivity index (χ3v) is 2.20. The van der Waals surface area contributed by atoms with Crippen LogP contribution >= 0.6 is 24.8 Å². The number of nitrogens with zero attached hydrogens (tertiary/aromatic N) is 2. The van der Waals surface area contributed by atoms with Gasteiger partial charge in [-0.05, 0) is 17.2 Å². The van der Waals surface area contributed by atoms with Crippen molar-refractivity contribution in [1.29, 1.82) is 0 Å². The van der Waals surface area contributed by atoms with E-state index < -0.39 is 0 Å². The molecule has 88 valence electrons. The molecule has 0 radical (unpaired) electrons. The fourth-order valence-electron chi connectivity index (χ4n) is 1.45. The number of benzene rings is 1. The number of aromatic nitrogens is 2. The molecule has 1 aromatic heterocycles. The van der Waals surface area contributed by atoms with Gasteiger partial charge in [0.2, 0.25) is 0 Å². The lowest BCUT2D eigenvalue weighted by atomic mass is 10.1. The predicted octanol–water partition coefficient (Wildman–Crippen LogP) is 2.39. The zero-order valence-corrected chi connectivity index (χ0v) is 10.6. The molecule has 0 saturated heterocycles. The average Bonchev–Trinajstić information content (AvgIpc) is 2.65. The van der Waals surface area contributed by atoms with Crippen molar-refractivity contribution >= 4 is 24.8 Å². The molecule has 0 aliphatic carbocycles. The molecule has 3 nitrogen and oxygen atoms in total. The van der Waals surface area contributed by atoms with Gasteiger partial charge in [-0.15, -0.1) is 24.8 Å². The van der Waals surface area contributed by atoms with Crippen molar-refractivity contribution in [2.45, 2.75) is 6.54 Å². The topological polar surface area (TPSA) is 43.8 Å². The number of hydrogen-bond donors (Lipinski definition) is 1. The van der Waals surface area contributed by atoms with Crippen molar-refractivity contribution in [3.8, 4) is 11.1 Å². The van der Waals surface area contributed by atoms with Crippen LogP contribution in [0.25, 0.3) is 11.1 Å². The maximum Gasteiger partial charge on any atom is 0.0568 e. The highest BCUT2D eigenvalue weighted by Crippen LogP contribution is 2.19. The minimum Gasteiger partial charge on any atom is -0.326 e. The van der Waals surface area contributed by atoms with E-state index >= 15 is 0 Å². The van der Waals surface area contributed by atoms with Gasteiger partial charge in [-0.3, -0.25) is 4.68 Å². The molecule has 2 aromatic rings. The fourth-order valence-corrected chi connectivity index (χ4v) is 1.45.